The van der Waals surface area contributed by atoms with Crippen molar-refractivity contribution in [3.8, 4) is 0 Å². The summed E-state index contributed by atoms with van der Waals surface area (Å²) in [4.78, 5) is 16.9. The Kier molecular flexibility index (Phi) is 5.36. The van der Waals surface area contributed by atoms with E-state index >= 15 is 0 Å². The third-order valence-electron chi connectivity index (χ3n) is 3.05. The van der Waals surface area contributed by atoms with Gasteiger partial charge in [-0.05, 0) is 25.2 Å². The Morgan fingerprint density at radius 1 is 1.65 bits per heavy atom. The highest BCUT2D eigenvalue weighted by Gasteiger charge is 2.21. The molecular weight excluding hydrogens is 258 g/mol. The Hall–Kier alpha value is -0.650. The van der Waals surface area contributed by atoms with Crippen molar-refractivity contribution in [1.82, 2.24) is 4.98 Å². The fourth-order valence-electron chi connectivity index (χ4n) is 2.02. The lowest BCUT2D eigenvalue weighted by Crippen LogP contribution is -2.21. The van der Waals surface area contributed by atoms with Crippen molar-refractivity contribution >= 4 is 34.8 Å². The van der Waals surface area contributed by atoms with Crippen LogP contribution in [0.1, 0.15) is 30.3 Å². The summed E-state index contributed by atoms with van der Waals surface area (Å²) >= 11 is 1.60. The molecule has 1 aliphatic carbocycles. The number of rotatable bonds is 3. The number of halogens is 1. The van der Waals surface area contributed by atoms with Gasteiger partial charge in [-0.3, -0.25) is 4.79 Å². The Bertz CT molecular complexity index is 394. The zero-order chi connectivity index (χ0) is 11.5. The van der Waals surface area contributed by atoms with Crippen molar-refractivity contribution in [1.29, 1.82) is 0 Å². The van der Waals surface area contributed by atoms with E-state index in [0.717, 1.165) is 18.8 Å². The maximum Gasteiger partial charge on any atom is 0.239 e. The number of carbonyl (C=O) groups is 1. The quantitative estimate of drug-likeness (QED) is 0.886. The molecule has 0 fully saturated rings. The number of nitrogens with zero attached hydrogens (tertiary/aromatic N) is 1. The van der Waals surface area contributed by atoms with Crippen LogP contribution in [-0.4, -0.2) is 17.4 Å². The average Bonchev–Trinajstić information content (AvgIpc) is 2.69. The second-order valence-electron chi connectivity index (χ2n) is 4.16. The molecule has 1 aliphatic rings. The lowest BCUT2D eigenvalue weighted by molar-refractivity contribution is -0.114. The highest BCUT2D eigenvalue weighted by Crippen LogP contribution is 2.33. The van der Waals surface area contributed by atoms with Gasteiger partial charge in [0, 0.05) is 4.88 Å². The SMILES string of the molecule is CCC1CCc2nc(NC(=O)CN)sc2C1.Cl. The molecule has 1 amide bonds. The summed E-state index contributed by atoms with van der Waals surface area (Å²) in [5.74, 6) is 0.615. The van der Waals surface area contributed by atoms with Crippen molar-refractivity contribution in [3.05, 3.63) is 10.6 Å². The zero-order valence-electron chi connectivity index (χ0n) is 9.86. The van der Waals surface area contributed by atoms with E-state index in [1.54, 1.807) is 11.3 Å². The monoisotopic (exact) mass is 275 g/mol. The Morgan fingerprint density at radius 3 is 3.06 bits per heavy atom. The fraction of sp³-hybridized carbons (Fsp3) is 0.636. The third-order valence-corrected chi connectivity index (χ3v) is 4.09. The molecule has 0 saturated carbocycles. The summed E-state index contributed by atoms with van der Waals surface area (Å²) < 4.78 is 0. The van der Waals surface area contributed by atoms with Gasteiger partial charge >= 0.3 is 0 Å². The summed E-state index contributed by atoms with van der Waals surface area (Å²) in [6.07, 6.45) is 4.60. The molecule has 17 heavy (non-hydrogen) atoms. The van der Waals surface area contributed by atoms with Crippen molar-refractivity contribution in [3.63, 3.8) is 0 Å². The van der Waals surface area contributed by atoms with Crippen molar-refractivity contribution in [2.45, 2.75) is 32.6 Å². The summed E-state index contributed by atoms with van der Waals surface area (Å²) in [7, 11) is 0. The summed E-state index contributed by atoms with van der Waals surface area (Å²) in [5, 5.41) is 3.43. The molecule has 1 atom stereocenters. The van der Waals surface area contributed by atoms with Gasteiger partial charge in [-0.1, -0.05) is 13.3 Å². The van der Waals surface area contributed by atoms with Gasteiger partial charge in [0.1, 0.15) is 0 Å². The van der Waals surface area contributed by atoms with Crippen LogP contribution >= 0.6 is 23.7 Å². The minimum Gasteiger partial charge on any atom is -0.322 e. The van der Waals surface area contributed by atoms with Crippen LogP contribution in [0, 0.1) is 5.92 Å². The zero-order valence-corrected chi connectivity index (χ0v) is 11.5. The number of anilines is 1. The molecule has 1 unspecified atom stereocenters. The van der Waals surface area contributed by atoms with E-state index in [1.807, 2.05) is 0 Å². The molecular formula is C11H18ClN3OS. The van der Waals surface area contributed by atoms with E-state index in [-0.39, 0.29) is 24.9 Å². The van der Waals surface area contributed by atoms with Gasteiger partial charge in [0.25, 0.3) is 0 Å². The normalized spacial score (nSPS) is 18.1. The number of nitrogens with one attached hydrogen (secondary N) is 1. The standard InChI is InChI=1S/C11H17N3OS.ClH/c1-2-7-3-4-8-9(5-7)16-11(13-8)14-10(15)6-12;/h7H,2-6,12H2,1H3,(H,13,14,15);1H. The number of aryl methyl sites for hydroxylation is 1. The first-order valence-electron chi connectivity index (χ1n) is 5.71. The second kappa shape index (κ2) is 6.33. The Balaban J connectivity index is 0.00000144. The molecule has 2 rings (SSSR count). The van der Waals surface area contributed by atoms with Crippen LogP contribution in [0.15, 0.2) is 0 Å². The number of aromatic nitrogens is 1. The molecule has 6 heteroatoms. The maximum absolute atomic E-state index is 11.1. The molecule has 1 aromatic rings. The average molecular weight is 276 g/mol. The Labute approximate surface area is 111 Å². The molecule has 1 aromatic heterocycles. The predicted molar refractivity (Wildman–Crippen MR) is 72.9 cm³/mol. The lowest BCUT2D eigenvalue weighted by atomic mass is 9.89. The topological polar surface area (TPSA) is 68.0 Å². The highest BCUT2D eigenvalue weighted by molar-refractivity contribution is 7.15. The van der Waals surface area contributed by atoms with Crippen LogP contribution in [0.3, 0.4) is 0 Å². The number of fused-ring (bicyclic) bond motifs is 1. The van der Waals surface area contributed by atoms with Gasteiger partial charge in [-0.15, -0.1) is 23.7 Å². The number of thiazole rings is 1. The van der Waals surface area contributed by atoms with E-state index in [0.29, 0.717) is 5.13 Å². The van der Waals surface area contributed by atoms with E-state index in [9.17, 15) is 4.79 Å². The second-order valence-corrected chi connectivity index (χ2v) is 5.24. The number of nitrogens with two attached hydrogens (primary N) is 1. The first kappa shape index (κ1) is 14.4. The number of hydrogen-bond acceptors (Lipinski definition) is 4. The van der Waals surface area contributed by atoms with E-state index in [1.165, 1.54) is 23.4 Å². The van der Waals surface area contributed by atoms with Gasteiger partial charge in [0.2, 0.25) is 5.91 Å². The van der Waals surface area contributed by atoms with Crippen LogP contribution in [0.5, 0.6) is 0 Å². The Morgan fingerprint density at radius 2 is 2.41 bits per heavy atom. The summed E-state index contributed by atoms with van der Waals surface area (Å²) in [6.45, 7) is 2.25. The van der Waals surface area contributed by atoms with Gasteiger partial charge in [0.15, 0.2) is 5.13 Å². The molecule has 96 valence electrons. The molecule has 0 spiro atoms. The minimum absolute atomic E-state index is 0. The molecule has 1 heterocycles. The summed E-state index contributed by atoms with van der Waals surface area (Å²) in [6, 6.07) is 0. The van der Waals surface area contributed by atoms with Crippen molar-refractivity contribution < 1.29 is 4.79 Å². The number of hydrogen-bond donors (Lipinski definition) is 2. The smallest absolute Gasteiger partial charge is 0.239 e. The molecule has 0 aliphatic heterocycles. The maximum atomic E-state index is 11.1. The van der Waals surface area contributed by atoms with Gasteiger partial charge in [-0.2, -0.15) is 0 Å². The molecule has 4 nitrogen and oxygen atoms in total. The molecule has 3 N–H and O–H groups in total. The molecule has 0 bridgehead atoms. The fourth-order valence-corrected chi connectivity index (χ4v) is 3.15. The molecule has 0 radical (unpaired) electrons. The van der Waals surface area contributed by atoms with Crippen LogP contribution < -0.4 is 11.1 Å². The number of amides is 1. The van der Waals surface area contributed by atoms with E-state index in [2.05, 4.69) is 17.2 Å². The third kappa shape index (κ3) is 3.40. The lowest BCUT2D eigenvalue weighted by Gasteiger charge is -2.18. The van der Waals surface area contributed by atoms with Crippen LogP contribution in [0.2, 0.25) is 0 Å². The van der Waals surface area contributed by atoms with Crippen LogP contribution in [0.25, 0.3) is 0 Å². The van der Waals surface area contributed by atoms with Crippen LogP contribution in [0.4, 0.5) is 5.13 Å². The van der Waals surface area contributed by atoms with E-state index < -0.39 is 0 Å². The van der Waals surface area contributed by atoms with Gasteiger partial charge in [-0.25, -0.2) is 4.98 Å². The van der Waals surface area contributed by atoms with Crippen molar-refractivity contribution in [2.24, 2.45) is 11.7 Å². The van der Waals surface area contributed by atoms with E-state index in [4.69, 9.17) is 5.73 Å². The van der Waals surface area contributed by atoms with Crippen molar-refractivity contribution in [2.75, 3.05) is 11.9 Å². The predicted octanol–water partition coefficient (Wildman–Crippen LogP) is 1.98. The molecule has 0 aromatic carbocycles. The largest absolute Gasteiger partial charge is 0.322 e. The first-order chi connectivity index (χ1) is 7.72. The van der Waals surface area contributed by atoms with Gasteiger partial charge in [0.05, 0.1) is 12.2 Å². The van der Waals surface area contributed by atoms with Crippen LogP contribution in [-0.2, 0) is 17.6 Å². The highest BCUT2D eigenvalue weighted by atomic mass is 35.5. The van der Waals surface area contributed by atoms with Gasteiger partial charge < -0.3 is 11.1 Å². The summed E-state index contributed by atoms with van der Waals surface area (Å²) in [5.41, 5.74) is 6.42. The molecule has 0 saturated heterocycles. The number of carbonyl (C=O) groups excluding carboxylic acids is 1. The minimum atomic E-state index is -0.168. The first-order valence-corrected chi connectivity index (χ1v) is 6.53.